The van der Waals surface area contributed by atoms with Crippen LogP contribution in [0.4, 0.5) is 0 Å². The van der Waals surface area contributed by atoms with Gasteiger partial charge in [-0.25, -0.2) is 0 Å². The molecule has 0 aliphatic carbocycles. The van der Waals surface area contributed by atoms with Crippen LogP contribution in [-0.4, -0.2) is 6.26 Å². The van der Waals surface area contributed by atoms with Crippen LogP contribution in [0.5, 0.6) is 0 Å². The van der Waals surface area contributed by atoms with E-state index in [1.54, 1.807) is 11.8 Å². The molecule has 0 spiro atoms. The Morgan fingerprint density at radius 2 is 1.23 bits per heavy atom. The molecule has 0 radical (unpaired) electrons. The fourth-order valence-corrected chi connectivity index (χ4v) is 3.53. The second-order valence-corrected chi connectivity index (χ2v) is 6.96. The van der Waals surface area contributed by atoms with Crippen LogP contribution in [0.1, 0.15) is 5.56 Å². The quantitative estimate of drug-likeness (QED) is 0.501. The summed E-state index contributed by atoms with van der Waals surface area (Å²) < 4.78 is 0. The molecule has 0 amide bonds. The van der Waals surface area contributed by atoms with Crippen molar-refractivity contribution in [2.24, 2.45) is 0 Å². The van der Waals surface area contributed by atoms with Gasteiger partial charge in [-0.3, -0.25) is 0 Å². The molecule has 3 aromatic carbocycles. The molecule has 0 heterocycles. The van der Waals surface area contributed by atoms with Gasteiger partial charge in [-0.15, -0.1) is 23.5 Å². The smallest absolute Gasteiger partial charge is 0.0232 e. The van der Waals surface area contributed by atoms with E-state index in [2.05, 4.69) is 85.1 Å². The van der Waals surface area contributed by atoms with E-state index < -0.39 is 0 Å². The second-order valence-electron chi connectivity index (χ2n) is 5.03. The first-order valence-electron chi connectivity index (χ1n) is 7.26. The molecule has 3 aromatic rings. The third kappa shape index (κ3) is 3.96. The van der Waals surface area contributed by atoms with Gasteiger partial charge < -0.3 is 0 Å². The number of rotatable bonds is 5. The van der Waals surface area contributed by atoms with Crippen molar-refractivity contribution in [1.29, 1.82) is 0 Å². The molecular formula is C20H18S2. The van der Waals surface area contributed by atoms with E-state index in [0.29, 0.717) is 0 Å². The van der Waals surface area contributed by atoms with Gasteiger partial charge in [0.15, 0.2) is 0 Å². The van der Waals surface area contributed by atoms with Crippen LogP contribution >= 0.6 is 23.5 Å². The Bertz CT molecular complexity index is 701. The molecule has 0 saturated carbocycles. The van der Waals surface area contributed by atoms with Gasteiger partial charge in [-0.1, -0.05) is 54.6 Å². The molecule has 0 N–H and O–H groups in total. The molecule has 0 nitrogen and oxygen atoms in total. The van der Waals surface area contributed by atoms with Crippen molar-refractivity contribution < 1.29 is 0 Å². The highest BCUT2D eigenvalue weighted by atomic mass is 32.2. The zero-order valence-corrected chi connectivity index (χ0v) is 14.2. The zero-order valence-electron chi connectivity index (χ0n) is 12.5. The minimum Gasteiger partial charge on any atom is -0.130 e. The highest BCUT2D eigenvalue weighted by Crippen LogP contribution is 2.27. The Labute approximate surface area is 141 Å². The van der Waals surface area contributed by atoms with E-state index in [0.717, 1.165) is 5.75 Å². The van der Waals surface area contributed by atoms with E-state index >= 15 is 0 Å². The number of benzene rings is 3. The molecule has 22 heavy (non-hydrogen) atoms. The Hall–Kier alpha value is -1.64. The Balaban J connectivity index is 1.63. The van der Waals surface area contributed by atoms with Gasteiger partial charge in [-0.2, -0.15) is 0 Å². The summed E-state index contributed by atoms with van der Waals surface area (Å²) in [6, 6.07) is 28.2. The molecular weight excluding hydrogens is 304 g/mol. The summed E-state index contributed by atoms with van der Waals surface area (Å²) in [6.45, 7) is 0. The molecule has 0 aromatic heterocycles. The minimum atomic E-state index is 1.01. The second kappa shape index (κ2) is 7.57. The fraction of sp³-hybridized carbons (Fsp3) is 0.100. The predicted molar refractivity (Wildman–Crippen MR) is 99.7 cm³/mol. The van der Waals surface area contributed by atoms with E-state index in [4.69, 9.17) is 0 Å². The van der Waals surface area contributed by atoms with Crippen LogP contribution in [0.3, 0.4) is 0 Å². The predicted octanol–water partition coefficient (Wildman–Crippen LogP) is 6.37. The maximum absolute atomic E-state index is 2.22. The van der Waals surface area contributed by atoms with Gasteiger partial charge in [-0.05, 0) is 47.2 Å². The average Bonchev–Trinajstić information content (AvgIpc) is 2.61. The van der Waals surface area contributed by atoms with Crippen molar-refractivity contribution in [1.82, 2.24) is 0 Å². The van der Waals surface area contributed by atoms with Crippen LogP contribution in [-0.2, 0) is 5.75 Å². The van der Waals surface area contributed by atoms with Crippen LogP contribution in [0.25, 0.3) is 11.1 Å². The summed E-state index contributed by atoms with van der Waals surface area (Å²) in [5.74, 6) is 1.01. The van der Waals surface area contributed by atoms with Gasteiger partial charge in [0.1, 0.15) is 0 Å². The van der Waals surface area contributed by atoms with Crippen molar-refractivity contribution in [2.45, 2.75) is 15.5 Å². The zero-order chi connectivity index (χ0) is 15.2. The minimum absolute atomic E-state index is 1.01. The van der Waals surface area contributed by atoms with Gasteiger partial charge in [0.2, 0.25) is 0 Å². The summed E-state index contributed by atoms with van der Waals surface area (Å²) in [4.78, 5) is 2.63. The summed E-state index contributed by atoms with van der Waals surface area (Å²) >= 11 is 3.67. The highest BCUT2D eigenvalue weighted by Gasteiger charge is 1.99. The third-order valence-electron chi connectivity index (χ3n) is 3.53. The third-order valence-corrected chi connectivity index (χ3v) is 5.35. The first-order chi connectivity index (χ1) is 10.8. The molecule has 0 aliphatic heterocycles. The van der Waals surface area contributed by atoms with E-state index in [-0.39, 0.29) is 0 Å². The molecule has 0 atom stereocenters. The number of thioether (sulfide) groups is 2. The standard InChI is InChI=1S/C20H18S2/c1-21-19-11-7-16(8-12-19)15-22-20-13-9-18(10-14-20)17-5-3-2-4-6-17/h2-14H,15H2,1H3. The molecule has 2 heteroatoms. The Morgan fingerprint density at radius 1 is 0.636 bits per heavy atom. The molecule has 0 bridgehead atoms. The number of hydrogen-bond acceptors (Lipinski definition) is 2. The van der Waals surface area contributed by atoms with Gasteiger partial charge in [0.25, 0.3) is 0 Å². The van der Waals surface area contributed by atoms with Crippen LogP contribution in [0.2, 0.25) is 0 Å². The first kappa shape index (κ1) is 15.3. The van der Waals surface area contributed by atoms with Crippen LogP contribution in [0, 0.1) is 0 Å². The SMILES string of the molecule is CSc1ccc(CSc2ccc(-c3ccccc3)cc2)cc1. The van der Waals surface area contributed by atoms with Crippen molar-refractivity contribution in [2.75, 3.05) is 6.26 Å². The maximum atomic E-state index is 2.22. The fourth-order valence-electron chi connectivity index (χ4n) is 2.26. The molecule has 110 valence electrons. The van der Waals surface area contributed by atoms with Gasteiger partial charge in [0.05, 0.1) is 0 Å². The summed E-state index contributed by atoms with van der Waals surface area (Å²) in [7, 11) is 0. The van der Waals surface area contributed by atoms with Crippen molar-refractivity contribution in [3.63, 3.8) is 0 Å². The maximum Gasteiger partial charge on any atom is 0.0232 e. The summed E-state index contributed by atoms with van der Waals surface area (Å²) in [5.41, 5.74) is 3.91. The first-order valence-corrected chi connectivity index (χ1v) is 9.47. The van der Waals surface area contributed by atoms with Crippen molar-refractivity contribution in [3.8, 4) is 11.1 Å². The molecule has 3 rings (SSSR count). The molecule has 0 saturated heterocycles. The van der Waals surface area contributed by atoms with Gasteiger partial charge >= 0.3 is 0 Å². The lowest BCUT2D eigenvalue weighted by Crippen LogP contribution is -1.81. The van der Waals surface area contributed by atoms with Crippen LogP contribution in [0.15, 0.2) is 88.7 Å². The van der Waals surface area contributed by atoms with Crippen molar-refractivity contribution in [3.05, 3.63) is 84.4 Å². The van der Waals surface area contributed by atoms with Crippen molar-refractivity contribution >= 4 is 23.5 Å². The van der Waals surface area contributed by atoms with E-state index in [1.165, 1.54) is 26.5 Å². The number of hydrogen-bond donors (Lipinski definition) is 0. The van der Waals surface area contributed by atoms with Gasteiger partial charge in [0, 0.05) is 15.5 Å². The van der Waals surface area contributed by atoms with E-state index in [1.807, 2.05) is 11.8 Å². The lowest BCUT2D eigenvalue weighted by Gasteiger charge is -2.05. The molecule has 0 aliphatic rings. The summed E-state index contributed by atoms with van der Waals surface area (Å²) in [6.07, 6.45) is 2.11. The highest BCUT2D eigenvalue weighted by molar-refractivity contribution is 7.98. The Kier molecular flexibility index (Phi) is 5.25. The largest absolute Gasteiger partial charge is 0.130 e. The van der Waals surface area contributed by atoms with Crippen LogP contribution < -0.4 is 0 Å². The molecule has 0 unspecified atom stereocenters. The lowest BCUT2D eigenvalue weighted by atomic mass is 10.1. The average molecular weight is 322 g/mol. The topological polar surface area (TPSA) is 0 Å². The monoisotopic (exact) mass is 322 g/mol. The Morgan fingerprint density at radius 3 is 1.86 bits per heavy atom. The lowest BCUT2D eigenvalue weighted by molar-refractivity contribution is 1.34. The molecule has 0 fully saturated rings. The van der Waals surface area contributed by atoms with E-state index in [9.17, 15) is 0 Å². The normalized spacial score (nSPS) is 10.6. The summed E-state index contributed by atoms with van der Waals surface area (Å²) in [5, 5.41) is 0.